The summed E-state index contributed by atoms with van der Waals surface area (Å²) in [5, 5.41) is 9.79. The molecule has 2 fully saturated rings. The first-order chi connectivity index (χ1) is 6.27. The van der Waals surface area contributed by atoms with E-state index in [0.717, 1.165) is 12.3 Å². The first kappa shape index (κ1) is 9.47. The van der Waals surface area contributed by atoms with Gasteiger partial charge in [-0.15, -0.1) is 0 Å². The number of nitrogens with zero attached hydrogens (tertiary/aromatic N) is 1. The van der Waals surface area contributed by atoms with Crippen molar-refractivity contribution in [1.82, 2.24) is 4.90 Å². The molecule has 1 aliphatic carbocycles. The van der Waals surface area contributed by atoms with Crippen molar-refractivity contribution in [3.8, 4) is 0 Å². The van der Waals surface area contributed by atoms with E-state index in [1.807, 2.05) is 0 Å². The van der Waals surface area contributed by atoms with Crippen molar-refractivity contribution in [2.24, 2.45) is 5.92 Å². The number of hydrogen-bond donors (Lipinski definition) is 1. The van der Waals surface area contributed by atoms with Crippen LogP contribution in [0.3, 0.4) is 0 Å². The average molecular weight is 183 g/mol. The first-order valence-corrected chi connectivity index (χ1v) is 5.69. The zero-order chi connectivity index (χ0) is 9.26. The van der Waals surface area contributed by atoms with E-state index >= 15 is 0 Å². The van der Waals surface area contributed by atoms with E-state index in [-0.39, 0.29) is 6.10 Å². The summed E-state index contributed by atoms with van der Waals surface area (Å²) in [6.45, 7) is 4.75. The van der Waals surface area contributed by atoms with E-state index in [2.05, 4.69) is 11.8 Å². The lowest BCUT2D eigenvalue weighted by Gasteiger charge is -2.36. The molecule has 0 radical (unpaired) electrons. The third-order valence-corrected chi connectivity index (χ3v) is 3.60. The van der Waals surface area contributed by atoms with E-state index < -0.39 is 0 Å². The fourth-order valence-corrected chi connectivity index (χ4v) is 2.87. The van der Waals surface area contributed by atoms with Crippen LogP contribution in [0.5, 0.6) is 0 Å². The first-order valence-electron chi connectivity index (χ1n) is 5.69. The molecule has 2 heteroatoms. The highest BCUT2D eigenvalue weighted by Crippen LogP contribution is 2.27. The Morgan fingerprint density at radius 2 is 2.00 bits per heavy atom. The number of hydrogen-bond acceptors (Lipinski definition) is 2. The third kappa shape index (κ3) is 2.05. The summed E-state index contributed by atoms with van der Waals surface area (Å²) in [5.74, 6) is 0.835. The Bertz CT molecular complexity index is 171. The van der Waals surface area contributed by atoms with Crippen molar-refractivity contribution in [3.05, 3.63) is 0 Å². The van der Waals surface area contributed by atoms with Crippen molar-refractivity contribution < 1.29 is 5.11 Å². The summed E-state index contributed by atoms with van der Waals surface area (Å²) >= 11 is 0. The Hall–Kier alpha value is -0.0800. The van der Waals surface area contributed by atoms with Gasteiger partial charge in [0.1, 0.15) is 0 Å². The van der Waals surface area contributed by atoms with E-state index in [1.165, 1.54) is 38.8 Å². The van der Waals surface area contributed by atoms with Crippen LogP contribution in [0, 0.1) is 5.92 Å². The minimum Gasteiger partial charge on any atom is -0.391 e. The Morgan fingerprint density at radius 1 is 1.15 bits per heavy atom. The Labute approximate surface area is 80.9 Å². The van der Waals surface area contributed by atoms with Crippen LogP contribution in [0.25, 0.3) is 0 Å². The molecule has 13 heavy (non-hydrogen) atoms. The summed E-state index contributed by atoms with van der Waals surface area (Å²) in [6.07, 6.45) is 6.12. The number of aliphatic hydroxyl groups is 1. The monoisotopic (exact) mass is 183 g/mol. The summed E-state index contributed by atoms with van der Waals surface area (Å²) < 4.78 is 0. The molecule has 0 aromatic carbocycles. The number of piperidine rings is 1. The second-order valence-corrected chi connectivity index (χ2v) is 4.81. The lowest BCUT2D eigenvalue weighted by molar-refractivity contribution is 0.0460. The van der Waals surface area contributed by atoms with Gasteiger partial charge in [-0.2, -0.15) is 0 Å². The molecule has 2 nitrogen and oxygen atoms in total. The van der Waals surface area contributed by atoms with E-state index in [4.69, 9.17) is 0 Å². The maximum atomic E-state index is 9.79. The van der Waals surface area contributed by atoms with Gasteiger partial charge in [-0.25, -0.2) is 0 Å². The van der Waals surface area contributed by atoms with Gasteiger partial charge >= 0.3 is 0 Å². The van der Waals surface area contributed by atoms with Gasteiger partial charge in [0.25, 0.3) is 0 Å². The molecule has 1 saturated heterocycles. The van der Waals surface area contributed by atoms with Gasteiger partial charge < -0.3 is 5.11 Å². The van der Waals surface area contributed by atoms with Crippen LogP contribution >= 0.6 is 0 Å². The molecule has 76 valence electrons. The summed E-state index contributed by atoms with van der Waals surface area (Å²) in [4.78, 5) is 2.52. The van der Waals surface area contributed by atoms with E-state index in [1.54, 1.807) is 0 Å². The predicted octanol–water partition coefficient (Wildman–Crippen LogP) is 1.63. The molecule has 1 aliphatic heterocycles. The lowest BCUT2D eigenvalue weighted by atomic mass is 9.98. The summed E-state index contributed by atoms with van der Waals surface area (Å²) in [5.41, 5.74) is 0. The molecule has 0 spiro atoms. The van der Waals surface area contributed by atoms with Crippen molar-refractivity contribution in [2.75, 3.05) is 13.1 Å². The summed E-state index contributed by atoms with van der Waals surface area (Å²) in [7, 11) is 0. The van der Waals surface area contributed by atoms with Crippen molar-refractivity contribution >= 4 is 0 Å². The Balaban J connectivity index is 1.91. The average Bonchev–Trinajstić information content (AvgIpc) is 2.51. The zero-order valence-corrected chi connectivity index (χ0v) is 8.58. The van der Waals surface area contributed by atoms with Crippen molar-refractivity contribution in [3.63, 3.8) is 0 Å². The van der Waals surface area contributed by atoms with Crippen LogP contribution < -0.4 is 0 Å². The predicted molar refractivity (Wildman–Crippen MR) is 53.6 cm³/mol. The number of rotatable bonds is 1. The molecule has 1 saturated carbocycles. The lowest BCUT2D eigenvalue weighted by Crippen LogP contribution is -2.45. The largest absolute Gasteiger partial charge is 0.391 e. The van der Waals surface area contributed by atoms with Crippen molar-refractivity contribution in [1.29, 1.82) is 0 Å². The molecule has 1 heterocycles. The highest BCUT2D eigenvalue weighted by Gasteiger charge is 2.32. The smallest absolute Gasteiger partial charge is 0.0695 e. The molecule has 0 aromatic heterocycles. The van der Waals surface area contributed by atoms with Gasteiger partial charge in [0, 0.05) is 12.6 Å². The molecule has 0 bridgehead atoms. The van der Waals surface area contributed by atoms with Crippen LogP contribution in [0.4, 0.5) is 0 Å². The maximum absolute atomic E-state index is 9.79. The SMILES string of the molecule is CC1CCCN(C2CCCC2O)C1. The van der Waals surface area contributed by atoms with E-state index in [9.17, 15) is 5.11 Å². The second-order valence-electron chi connectivity index (χ2n) is 4.81. The molecule has 1 N–H and O–H groups in total. The molecule has 3 unspecified atom stereocenters. The number of likely N-dealkylation sites (tertiary alicyclic amines) is 1. The van der Waals surface area contributed by atoms with Crippen LogP contribution in [-0.4, -0.2) is 35.2 Å². The fraction of sp³-hybridized carbons (Fsp3) is 1.00. The Morgan fingerprint density at radius 3 is 2.62 bits per heavy atom. The Kier molecular flexibility index (Phi) is 2.89. The molecule has 2 rings (SSSR count). The number of aliphatic hydroxyl groups excluding tert-OH is 1. The second kappa shape index (κ2) is 3.97. The minimum atomic E-state index is -0.0368. The summed E-state index contributed by atoms with van der Waals surface area (Å²) in [6, 6.07) is 0.489. The van der Waals surface area contributed by atoms with Crippen LogP contribution in [0.1, 0.15) is 39.0 Å². The van der Waals surface area contributed by atoms with Crippen LogP contribution in [-0.2, 0) is 0 Å². The zero-order valence-electron chi connectivity index (χ0n) is 8.58. The van der Waals surface area contributed by atoms with Crippen molar-refractivity contribution in [2.45, 2.75) is 51.2 Å². The quantitative estimate of drug-likeness (QED) is 0.668. The van der Waals surface area contributed by atoms with Gasteiger partial charge in [-0.05, 0) is 44.6 Å². The normalized spacial score (nSPS) is 42.5. The van der Waals surface area contributed by atoms with Gasteiger partial charge in [0.05, 0.1) is 6.10 Å². The molecule has 3 atom stereocenters. The molecular formula is C11H21NO. The maximum Gasteiger partial charge on any atom is 0.0695 e. The molecule has 2 aliphatic rings. The fourth-order valence-electron chi connectivity index (χ4n) is 2.87. The highest BCUT2D eigenvalue weighted by molar-refractivity contribution is 4.87. The van der Waals surface area contributed by atoms with Crippen LogP contribution in [0.2, 0.25) is 0 Å². The van der Waals surface area contributed by atoms with Gasteiger partial charge in [-0.3, -0.25) is 4.90 Å². The standard InChI is InChI=1S/C11H21NO/c1-9-4-3-7-12(8-9)10-5-2-6-11(10)13/h9-11,13H,2-8H2,1H3. The van der Waals surface area contributed by atoms with Gasteiger partial charge in [-0.1, -0.05) is 6.92 Å². The molecule has 0 amide bonds. The van der Waals surface area contributed by atoms with E-state index in [0.29, 0.717) is 6.04 Å². The third-order valence-electron chi connectivity index (χ3n) is 3.60. The van der Waals surface area contributed by atoms with Gasteiger partial charge in [0.15, 0.2) is 0 Å². The topological polar surface area (TPSA) is 23.5 Å². The minimum absolute atomic E-state index is 0.0368. The van der Waals surface area contributed by atoms with Gasteiger partial charge in [0.2, 0.25) is 0 Å². The molecular weight excluding hydrogens is 162 g/mol. The highest BCUT2D eigenvalue weighted by atomic mass is 16.3. The van der Waals surface area contributed by atoms with Crippen LogP contribution in [0.15, 0.2) is 0 Å². The molecule has 0 aromatic rings.